The van der Waals surface area contributed by atoms with Gasteiger partial charge in [0.25, 0.3) is 0 Å². The van der Waals surface area contributed by atoms with Crippen molar-refractivity contribution in [2.45, 2.75) is 26.7 Å². The number of fused-ring (bicyclic) bond motifs is 1. The molecule has 1 aliphatic carbocycles. The zero-order chi connectivity index (χ0) is 23.6. The van der Waals surface area contributed by atoms with Gasteiger partial charge in [0.1, 0.15) is 5.52 Å². The molecule has 168 valence electrons. The highest BCUT2D eigenvalue weighted by atomic mass is 16.5. The second-order valence-electron chi connectivity index (χ2n) is 8.43. The van der Waals surface area contributed by atoms with E-state index in [-0.39, 0.29) is 5.41 Å². The Balaban J connectivity index is 1.70. The second-order valence-corrected chi connectivity index (χ2v) is 8.43. The van der Waals surface area contributed by atoms with Crippen molar-refractivity contribution in [1.82, 2.24) is 15.0 Å². The second kappa shape index (κ2) is 9.04. The SMILES string of the molecule is C=C(/C=C(\C)N=C(C)C1(C#N)CC1)c1cnc2c(N3CCOCC3)nc(C(=C)C=N)nc2c1. The lowest BCUT2D eigenvalue weighted by Gasteiger charge is -2.28. The minimum absolute atomic E-state index is 0.387. The van der Waals surface area contributed by atoms with Gasteiger partial charge in [-0.3, -0.25) is 9.98 Å². The van der Waals surface area contributed by atoms with E-state index >= 15 is 0 Å². The first-order valence-electron chi connectivity index (χ1n) is 10.9. The Labute approximate surface area is 193 Å². The van der Waals surface area contributed by atoms with Gasteiger partial charge in [0.2, 0.25) is 0 Å². The Bertz CT molecular complexity index is 1240. The predicted molar refractivity (Wildman–Crippen MR) is 131 cm³/mol. The fourth-order valence-electron chi connectivity index (χ4n) is 3.80. The Hall–Kier alpha value is -3.70. The fraction of sp³-hybridized carbons (Fsp3) is 0.360. The number of aliphatic imine (C=N–C) groups is 1. The molecule has 0 amide bonds. The molecular formula is C25H27N7O. The van der Waals surface area contributed by atoms with Gasteiger partial charge in [-0.2, -0.15) is 5.26 Å². The van der Waals surface area contributed by atoms with Crippen molar-refractivity contribution < 1.29 is 4.74 Å². The Morgan fingerprint density at radius 1 is 1.24 bits per heavy atom. The van der Waals surface area contributed by atoms with Crippen LogP contribution >= 0.6 is 0 Å². The summed E-state index contributed by atoms with van der Waals surface area (Å²) < 4.78 is 5.47. The fourth-order valence-corrected chi connectivity index (χ4v) is 3.80. The average Bonchev–Trinajstić information content (AvgIpc) is 3.64. The van der Waals surface area contributed by atoms with Gasteiger partial charge in [-0.05, 0) is 44.4 Å². The third kappa shape index (κ3) is 4.59. The van der Waals surface area contributed by atoms with Crippen LogP contribution in [0.1, 0.15) is 38.1 Å². The molecule has 0 spiro atoms. The summed E-state index contributed by atoms with van der Waals surface area (Å²) in [7, 11) is 0. The number of nitriles is 1. The van der Waals surface area contributed by atoms with Gasteiger partial charge in [0, 0.05) is 48.0 Å². The van der Waals surface area contributed by atoms with Crippen molar-refractivity contribution in [2.75, 3.05) is 31.2 Å². The third-order valence-electron chi connectivity index (χ3n) is 6.04. The molecule has 0 radical (unpaired) electrons. The van der Waals surface area contributed by atoms with E-state index in [4.69, 9.17) is 10.1 Å². The number of hydrogen-bond donors (Lipinski definition) is 1. The molecule has 8 nitrogen and oxygen atoms in total. The van der Waals surface area contributed by atoms with Gasteiger partial charge in [0.15, 0.2) is 11.6 Å². The quantitative estimate of drug-likeness (QED) is 0.509. The molecular weight excluding hydrogens is 414 g/mol. The van der Waals surface area contributed by atoms with Crippen molar-refractivity contribution in [2.24, 2.45) is 10.4 Å². The first-order chi connectivity index (χ1) is 15.9. The molecule has 2 aromatic heterocycles. The van der Waals surface area contributed by atoms with E-state index in [1.54, 1.807) is 6.20 Å². The van der Waals surface area contributed by atoms with Crippen molar-refractivity contribution in [3.63, 3.8) is 0 Å². The number of aromatic nitrogens is 3. The number of morpholine rings is 1. The van der Waals surface area contributed by atoms with Gasteiger partial charge in [0.05, 0.1) is 30.2 Å². The van der Waals surface area contributed by atoms with Crippen LogP contribution in [0.15, 0.2) is 42.2 Å². The maximum absolute atomic E-state index is 9.38. The van der Waals surface area contributed by atoms with E-state index in [0.717, 1.165) is 47.4 Å². The summed E-state index contributed by atoms with van der Waals surface area (Å²) in [4.78, 5) is 20.7. The van der Waals surface area contributed by atoms with Crippen LogP contribution in [0.25, 0.3) is 22.2 Å². The standard InChI is InChI=1S/C25H27N7O/c1-16(11-18(3)29-19(4)25(15-27)5-6-25)20-12-21-22(28-14-20)24(32-7-9-33-10-8-32)31-23(30-21)17(2)13-26/h11-14,26H,1-2,5-10H2,3-4H3/b18-11+,26-13?,29-19?. The smallest absolute Gasteiger partial charge is 0.163 e. The molecule has 0 unspecified atom stereocenters. The van der Waals surface area contributed by atoms with Crippen molar-refractivity contribution >= 4 is 39.9 Å². The number of allylic oxidation sites excluding steroid dienone is 4. The summed E-state index contributed by atoms with van der Waals surface area (Å²) in [6, 6.07) is 4.30. The number of rotatable bonds is 7. The number of pyridine rings is 1. The minimum Gasteiger partial charge on any atom is -0.378 e. The topological polar surface area (TPSA) is 111 Å². The lowest BCUT2D eigenvalue weighted by atomic mass is 10.0. The summed E-state index contributed by atoms with van der Waals surface area (Å²) in [6.07, 6.45) is 6.55. The first-order valence-corrected chi connectivity index (χ1v) is 10.9. The Morgan fingerprint density at radius 2 is 1.97 bits per heavy atom. The molecule has 3 heterocycles. The molecule has 0 atom stereocenters. The maximum atomic E-state index is 9.38. The summed E-state index contributed by atoms with van der Waals surface area (Å²) in [5.41, 5.74) is 4.59. The van der Waals surface area contributed by atoms with Crippen molar-refractivity contribution in [3.8, 4) is 6.07 Å². The summed E-state index contributed by atoms with van der Waals surface area (Å²) in [6.45, 7) is 14.6. The van der Waals surface area contributed by atoms with Crippen LogP contribution in [-0.2, 0) is 4.74 Å². The third-order valence-corrected chi connectivity index (χ3v) is 6.04. The van der Waals surface area contributed by atoms with Gasteiger partial charge in [-0.25, -0.2) is 9.97 Å². The zero-order valence-electron chi connectivity index (χ0n) is 19.1. The van der Waals surface area contributed by atoms with Crippen molar-refractivity contribution in [3.05, 3.63) is 48.6 Å². The zero-order valence-corrected chi connectivity index (χ0v) is 19.1. The molecule has 1 saturated carbocycles. The van der Waals surface area contributed by atoms with Gasteiger partial charge < -0.3 is 15.0 Å². The summed E-state index contributed by atoms with van der Waals surface area (Å²) >= 11 is 0. The van der Waals surface area contributed by atoms with E-state index in [0.29, 0.717) is 48.7 Å². The van der Waals surface area contributed by atoms with E-state index in [2.05, 4.69) is 44.1 Å². The lowest BCUT2D eigenvalue weighted by molar-refractivity contribution is 0.122. The minimum atomic E-state index is -0.387. The number of hydrogen-bond acceptors (Lipinski definition) is 8. The van der Waals surface area contributed by atoms with Crippen molar-refractivity contribution in [1.29, 1.82) is 10.7 Å². The number of ether oxygens (including phenoxy) is 1. The van der Waals surface area contributed by atoms with Crippen LogP contribution < -0.4 is 4.90 Å². The number of nitrogens with zero attached hydrogens (tertiary/aromatic N) is 6. The summed E-state index contributed by atoms with van der Waals surface area (Å²) in [5.74, 6) is 1.12. The highest BCUT2D eigenvalue weighted by molar-refractivity contribution is 6.06. The Kier molecular flexibility index (Phi) is 6.16. The molecule has 0 aromatic carbocycles. The number of anilines is 1. The molecule has 0 bridgehead atoms. The largest absolute Gasteiger partial charge is 0.378 e. The molecule has 2 aromatic rings. The average molecular weight is 442 g/mol. The number of nitrogens with one attached hydrogen (secondary N) is 1. The first kappa shape index (κ1) is 22.5. The van der Waals surface area contributed by atoms with Crippen LogP contribution in [0, 0.1) is 22.2 Å². The van der Waals surface area contributed by atoms with Gasteiger partial charge in [-0.15, -0.1) is 0 Å². The maximum Gasteiger partial charge on any atom is 0.163 e. The molecule has 1 aliphatic heterocycles. The molecule has 1 N–H and O–H groups in total. The molecule has 2 fully saturated rings. The normalized spacial score (nSPS) is 18.0. The highest BCUT2D eigenvalue weighted by Crippen LogP contribution is 2.46. The molecule has 2 aliphatic rings. The van der Waals surface area contributed by atoms with Gasteiger partial charge in [-0.1, -0.05) is 13.2 Å². The van der Waals surface area contributed by atoms with E-state index in [9.17, 15) is 5.26 Å². The predicted octanol–water partition coefficient (Wildman–Crippen LogP) is 4.21. The van der Waals surface area contributed by atoms with E-state index in [1.165, 1.54) is 0 Å². The van der Waals surface area contributed by atoms with E-state index in [1.807, 2.05) is 26.0 Å². The molecule has 33 heavy (non-hydrogen) atoms. The molecule has 1 saturated heterocycles. The van der Waals surface area contributed by atoms with Crippen LogP contribution in [0.2, 0.25) is 0 Å². The van der Waals surface area contributed by atoms with Crippen LogP contribution in [-0.4, -0.2) is 53.2 Å². The van der Waals surface area contributed by atoms with Gasteiger partial charge >= 0.3 is 0 Å². The van der Waals surface area contributed by atoms with Crippen LogP contribution in [0.3, 0.4) is 0 Å². The van der Waals surface area contributed by atoms with Crippen LogP contribution in [0.4, 0.5) is 5.82 Å². The van der Waals surface area contributed by atoms with Crippen LogP contribution in [0.5, 0.6) is 0 Å². The summed E-state index contributed by atoms with van der Waals surface area (Å²) in [5, 5.41) is 16.9. The lowest BCUT2D eigenvalue weighted by Crippen LogP contribution is -2.37. The Morgan fingerprint density at radius 3 is 2.61 bits per heavy atom. The molecule has 4 rings (SSSR count). The highest BCUT2D eigenvalue weighted by Gasteiger charge is 2.46. The monoisotopic (exact) mass is 441 g/mol. The molecule has 8 heteroatoms. The van der Waals surface area contributed by atoms with E-state index < -0.39 is 0 Å².